The first kappa shape index (κ1) is 28.2. The Balaban J connectivity index is 1.38. The first-order chi connectivity index (χ1) is 20.7. The summed E-state index contributed by atoms with van der Waals surface area (Å²) >= 11 is 1.23. The largest absolute Gasteiger partial charge is 0.497 e. The zero-order chi connectivity index (χ0) is 30.1. The molecule has 0 N–H and O–H groups in total. The normalized spacial score (nSPS) is 12.6. The highest BCUT2D eigenvalue weighted by molar-refractivity contribution is 7.89. The summed E-state index contributed by atoms with van der Waals surface area (Å²) in [6.07, 6.45) is 7.23. The van der Waals surface area contributed by atoms with Gasteiger partial charge < -0.3 is 4.74 Å². The first-order valence-electron chi connectivity index (χ1n) is 13.1. The summed E-state index contributed by atoms with van der Waals surface area (Å²) in [5.74, 6) is 1.19. The second-order valence-electron chi connectivity index (χ2n) is 9.71. The number of nitrogens with zero attached hydrogens (tertiary/aromatic N) is 6. The summed E-state index contributed by atoms with van der Waals surface area (Å²) in [5, 5.41) is 9.19. The van der Waals surface area contributed by atoms with Gasteiger partial charge in [-0.15, -0.1) is 5.10 Å². The quantitative estimate of drug-likeness (QED) is 0.256. The van der Waals surface area contributed by atoms with Crippen LogP contribution in [0.1, 0.15) is 17.0 Å². The molecule has 12 heteroatoms. The smallest absolute Gasteiger partial charge is 0.291 e. The molecular formula is C31H26N6O4S2. The third-order valence-corrected chi connectivity index (χ3v) is 9.48. The minimum Gasteiger partial charge on any atom is -0.497 e. The highest BCUT2D eigenvalue weighted by atomic mass is 32.2. The number of benzene rings is 3. The van der Waals surface area contributed by atoms with Gasteiger partial charge in [-0.25, -0.2) is 17.4 Å². The second kappa shape index (κ2) is 11.4. The monoisotopic (exact) mass is 610 g/mol. The Morgan fingerprint density at radius 1 is 0.907 bits per heavy atom. The molecular weight excluding hydrogens is 585 g/mol. The number of hydrogen-bond acceptors (Lipinski definition) is 8. The van der Waals surface area contributed by atoms with Crippen molar-refractivity contribution in [3.8, 4) is 22.7 Å². The fourth-order valence-electron chi connectivity index (χ4n) is 4.37. The zero-order valence-electron chi connectivity index (χ0n) is 23.4. The van der Waals surface area contributed by atoms with E-state index in [1.54, 1.807) is 48.2 Å². The Morgan fingerprint density at radius 3 is 2.28 bits per heavy atom. The molecule has 3 heterocycles. The first-order valence-corrected chi connectivity index (χ1v) is 15.4. The number of para-hydroxylation sites is 1. The van der Waals surface area contributed by atoms with Crippen molar-refractivity contribution in [2.75, 3.05) is 21.2 Å². The van der Waals surface area contributed by atoms with Gasteiger partial charge in [0.2, 0.25) is 15.0 Å². The molecule has 0 amide bonds. The van der Waals surface area contributed by atoms with E-state index in [1.807, 2.05) is 66.9 Å². The number of thiazole rings is 1. The van der Waals surface area contributed by atoms with Gasteiger partial charge in [-0.05, 0) is 54.1 Å². The highest BCUT2D eigenvalue weighted by Gasteiger charge is 2.18. The Bertz CT molecular complexity index is 2170. The lowest BCUT2D eigenvalue weighted by Gasteiger charge is -2.11. The average molecular weight is 611 g/mol. The van der Waals surface area contributed by atoms with E-state index in [0.29, 0.717) is 32.1 Å². The fraction of sp³-hybridized carbons (Fsp3) is 0.0968. The zero-order valence-corrected chi connectivity index (χ0v) is 25.1. The molecule has 3 aromatic carbocycles. The van der Waals surface area contributed by atoms with Crippen molar-refractivity contribution in [3.63, 3.8) is 0 Å². The molecule has 0 fully saturated rings. The maximum Gasteiger partial charge on any atom is 0.291 e. The molecule has 0 aliphatic heterocycles. The molecule has 0 unspecified atom stereocenters. The molecule has 0 spiro atoms. The summed E-state index contributed by atoms with van der Waals surface area (Å²) in [4.78, 5) is 18.5. The lowest BCUT2D eigenvalue weighted by molar-refractivity contribution is 0.415. The molecule has 43 heavy (non-hydrogen) atoms. The van der Waals surface area contributed by atoms with Crippen LogP contribution in [0, 0.1) is 0 Å². The Labute approximate surface area is 251 Å². The van der Waals surface area contributed by atoms with E-state index in [9.17, 15) is 13.2 Å². The molecule has 0 aliphatic rings. The number of fused-ring (bicyclic) bond motifs is 1. The van der Waals surface area contributed by atoms with Crippen LogP contribution in [0.25, 0.3) is 40.1 Å². The van der Waals surface area contributed by atoms with Crippen LogP contribution in [-0.4, -0.2) is 58.3 Å². The fourth-order valence-corrected chi connectivity index (χ4v) is 6.18. The molecule has 3 aromatic heterocycles. The van der Waals surface area contributed by atoms with E-state index in [1.165, 1.54) is 34.3 Å². The number of methoxy groups -OCH3 is 1. The number of ether oxygens (including phenoxy) is 1. The summed E-state index contributed by atoms with van der Waals surface area (Å²) in [7, 11) is 1.02. The van der Waals surface area contributed by atoms with Crippen LogP contribution < -0.4 is 14.8 Å². The molecule has 10 nitrogen and oxygen atoms in total. The molecule has 0 saturated heterocycles. The van der Waals surface area contributed by atoms with Crippen molar-refractivity contribution >= 4 is 44.5 Å². The summed E-state index contributed by atoms with van der Waals surface area (Å²) in [6.45, 7) is 0. The third kappa shape index (κ3) is 5.63. The highest BCUT2D eigenvalue weighted by Crippen LogP contribution is 2.26. The van der Waals surface area contributed by atoms with Crippen LogP contribution in [0.5, 0.6) is 5.75 Å². The topological polar surface area (TPSA) is 112 Å². The summed E-state index contributed by atoms with van der Waals surface area (Å²) < 4.78 is 35.0. The number of sulfonamides is 1. The summed E-state index contributed by atoms with van der Waals surface area (Å²) in [5.41, 5.74) is 3.49. The van der Waals surface area contributed by atoms with Gasteiger partial charge in [-0.2, -0.15) is 14.6 Å². The van der Waals surface area contributed by atoms with Crippen LogP contribution >= 0.6 is 11.3 Å². The van der Waals surface area contributed by atoms with E-state index in [-0.39, 0.29) is 10.5 Å². The number of hydrogen-bond donors (Lipinski definition) is 0. The SMILES string of the molecule is COc1ccc(/C=C/c2nc3s/c(=C\c4cn(-c5ccccc5)nc4-c4ccc(S(=O)(=O)N(C)C)cc4)c(=O)n3n2)cc1. The third-order valence-electron chi connectivity index (χ3n) is 6.70. The van der Waals surface area contributed by atoms with Crippen molar-refractivity contribution in [2.24, 2.45) is 0 Å². The standard InChI is InChI=1S/C31H26N6O4S2/c1-35(2)43(39,40)26-16-12-22(13-17-26)29-23(20-36(34-29)24-7-5-4-6-8-24)19-27-30(38)37-31(42-27)32-28(33-37)18-11-21-9-14-25(41-3)15-10-21/h4-20H,1-3H3/b18-11+,27-19-. The lowest BCUT2D eigenvalue weighted by Crippen LogP contribution is -2.23. The minimum absolute atomic E-state index is 0.179. The van der Waals surface area contributed by atoms with Gasteiger partial charge in [-0.1, -0.05) is 59.9 Å². The van der Waals surface area contributed by atoms with Crippen molar-refractivity contribution in [3.05, 3.63) is 117 Å². The van der Waals surface area contributed by atoms with Gasteiger partial charge in [-0.3, -0.25) is 4.79 Å². The van der Waals surface area contributed by atoms with E-state index in [2.05, 4.69) is 10.1 Å². The molecule has 0 saturated carbocycles. The summed E-state index contributed by atoms with van der Waals surface area (Å²) in [6, 6.07) is 23.7. The average Bonchev–Trinajstić information content (AvgIpc) is 3.71. The van der Waals surface area contributed by atoms with Crippen LogP contribution in [0.3, 0.4) is 0 Å². The number of aromatic nitrogens is 5. The minimum atomic E-state index is -3.58. The Kier molecular flexibility index (Phi) is 7.48. The molecule has 6 aromatic rings. The second-order valence-corrected chi connectivity index (χ2v) is 12.9. The predicted molar refractivity (Wildman–Crippen MR) is 168 cm³/mol. The molecule has 0 radical (unpaired) electrons. The van der Waals surface area contributed by atoms with Crippen molar-refractivity contribution < 1.29 is 13.2 Å². The maximum atomic E-state index is 13.3. The van der Waals surface area contributed by atoms with E-state index in [0.717, 1.165) is 17.0 Å². The Morgan fingerprint density at radius 2 is 1.63 bits per heavy atom. The van der Waals surface area contributed by atoms with Crippen molar-refractivity contribution in [1.29, 1.82) is 0 Å². The van der Waals surface area contributed by atoms with E-state index < -0.39 is 10.0 Å². The van der Waals surface area contributed by atoms with Gasteiger partial charge >= 0.3 is 0 Å². The predicted octanol–water partition coefficient (Wildman–Crippen LogP) is 3.98. The van der Waals surface area contributed by atoms with Crippen LogP contribution in [-0.2, 0) is 10.0 Å². The molecule has 6 rings (SSSR count). The van der Waals surface area contributed by atoms with Gasteiger partial charge in [0, 0.05) is 31.4 Å². The van der Waals surface area contributed by atoms with E-state index >= 15 is 0 Å². The number of rotatable bonds is 8. The maximum absolute atomic E-state index is 13.3. The Hall–Kier alpha value is -4.91. The van der Waals surface area contributed by atoms with Gasteiger partial charge in [0.1, 0.15) is 5.75 Å². The molecule has 0 aliphatic carbocycles. The molecule has 0 atom stereocenters. The van der Waals surface area contributed by atoms with Crippen LogP contribution in [0.2, 0.25) is 0 Å². The van der Waals surface area contributed by atoms with E-state index in [4.69, 9.17) is 9.84 Å². The molecule has 216 valence electrons. The van der Waals surface area contributed by atoms with Gasteiger partial charge in [0.25, 0.3) is 5.56 Å². The molecule has 0 bridgehead atoms. The van der Waals surface area contributed by atoms with Gasteiger partial charge in [0.15, 0.2) is 5.82 Å². The van der Waals surface area contributed by atoms with Crippen LogP contribution in [0.4, 0.5) is 0 Å². The van der Waals surface area contributed by atoms with Crippen LogP contribution in [0.15, 0.2) is 94.7 Å². The van der Waals surface area contributed by atoms with Crippen molar-refractivity contribution in [1.82, 2.24) is 28.7 Å². The van der Waals surface area contributed by atoms with Gasteiger partial charge in [0.05, 0.1) is 27.9 Å². The lowest BCUT2D eigenvalue weighted by atomic mass is 10.1. The van der Waals surface area contributed by atoms with Crippen molar-refractivity contribution in [2.45, 2.75) is 4.90 Å².